The molecule has 3 aromatic rings. The lowest BCUT2D eigenvalue weighted by atomic mass is 9.97. The average molecular weight is 378 g/mol. The first kappa shape index (κ1) is 18.8. The second-order valence-corrected chi connectivity index (χ2v) is 7.94. The molecule has 0 saturated carbocycles. The van der Waals surface area contributed by atoms with Gasteiger partial charge in [0.25, 0.3) is 0 Å². The number of hydrogen-bond donors (Lipinski definition) is 1. The molecule has 0 amide bonds. The quantitative estimate of drug-likeness (QED) is 0.690. The predicted octanol–water partition coefficient (Wildman–Crippen LogP) is 3.59. The molecule has 0 fully saturated rings. The Morgan fingerprint density at radius 3 is 2.71 bits per heavy atom. The highest BCUT2D eigenvalue weighted by Gasteiger charge is 2.26. The van der Waals surface area contributed by atoms with E-state index < -0.39 is 0 Å². The second kappa shape index (κ2) is 7.80. The van der Waals surface area contributed by atoms with Gasteiger partial charge in [0.15, 0.2) is 0 Å². The maximum Gasteiger partial charge on any atom is 0.336 e. The van der Waals surface area contributed by atoms with Crippen molar-refractivity contribution in [3.63, 3.8) is 0 Å². The summed E-state index contributed by atoms with van der Waals surface area (Å²) in [5, 5.41) is 1.05. The zero-order chi connectivity index (χ0) is 19.7. The minimum atomic E-state index is -0.279. The molecule has 2 atom stereocenters. The van der Waals surface area contributed by atoms with E-state index in [2.05, 4.69) is 50.2 Å². The highest BCUT2D eigenvalue weighted by molar-refractivity contribution is 5.86. The highest BCUT2D eigenvalue weighted by Crippen LogP contribution is 2.33. The number of ether oxygens (including phenoxy) is 1. The predicted molar refractivity (Wildman–Crippen MR) is 111 cm³/mol. The van der Waals surface area contributed by atoms with Crippen molar-refractivity contribution in [3.05, 3.63) is 75.1 Å². The molecule has 4 heteroatoms. The maximum absolute atomic E-state index is 12.0. The lowest BCUT2D eigenvalue weighted by Crippen LogP contribution is -3.12. The van der Waals surface area contributed by atoms with Crippen molar-refractivity contribution in [2.24, 2.45) is 0 Å². The standard InChI is InChI=1S/C24H27NO3/c1-4-8-19-12-22(26)28-24-17(3)23-20(11-21(19)24)14-25(15-27-23)13-16(2)18-9-6-5-7-10-18/h5-7,9-12,16H,4,8,13-15H2,1-3H3/p+1/t16-/m1/s1. The normalized spacial score (nSPS) is 17.2. The van der Waals surface area contributed by atoms with E-state index in [1.807, 2.05) is 6.92 Å². The summed E-state index contributed by atoms with van der Waals surface area (Å²) in [5.74, 6) is 1.36. The number of quaternary nitrogens is 1. The van der Waals surface area contributed by atoms with Gasteiger partial charge in [-0.05, 0) is 30.5 Å². The monoisotopic (exact) mass is 378 g/mol. The van der Waals surface area contributed by atoms with E-state index in [9.17, 15) is 4.79 Å². The molecule has 0 spiro atoms. The molecule has 1 aliphatic heterocycles. The summed E-state index contributed by atoms with van der Waals surface area (Å²) in [4.78, 5) is 13.4. The zero-order valence-electron chi connectivity index (χ0n) is 16.9. The molecule has 0 radical (unpaired) electrons. The van der Waals surface area contributed by atoms with Crippen LogP contribution in [0.4, 0.5) is 0 Å². The SMILES string of the molecule is CCCc1cc(=O)oc2c(C)c3c(cc12)C[NH+](C[C@@H](C)c1ccccc1)CO3. The Balaban J connectivity index is 1.65. The van der Waals surface area contributed by atoms with Gasteiger partial charge in [-0.2, -0.15) is 0 Å². The minimum Gasteiger partial charge on any atom is -0.444 e. The van der Waals surface area contributed by atoms with Gasteiger partial charge in [-0.15, -0.1) is 0 Å². The molecule has 1 N–H and O–H groups in total. The molecule has 2 aromatic carbocycles. The molecule has 0 bridgehead atoms. The van der Waals surface area contributed by atoms with Crippen molar-refractivity contribution in [3.8, 4) is 5.75 Å². The van der Waals surface area contributed by atoms with E-state index in [-0.39, 0.29) is 5.63 Å². The number of nitrogens with one attached hydrogen (secondary N) is 1. The Hall–Kier alpha value is -2.59. The fourth-order valence-corrected chi connectivity index (χ4v) is 4.34. The smallest absolute Gasteiger partial charge is 0.336 e. The van der Waals surface area contributed by atoms with Crippen LogP contribution in [-0.4, -0.2) is 13.3 Å². The van der Waals surface area contributed by atoms with Crippen LogP contribution in [0.25, 0.3) is 11.0 Å². The third-order valence-electron chi connectivity index (χ3n) is 5.72. The van der Waals surface area contributed by atoms with Crippen LogP contribution in [0.2, 0.25) is 0 Å². The number of fused-ring (bicyclic) bond motifs is 2. The van der Waals surface area contributed by atoms with E-state index in [0.29, 0.717) is 18.2 Å². The molecular formula is C24H28NO3+. The molecule has 146 valence electrons. The van der Waals surface area contributed by atoms with Gasteiger partial charge < -0.3 is 9.15 Å². The van der Waals surface area contributed by atoms with Crippen LogP contribution in [0.15, 0.2) is 51.7 Å². The van der Waals surface area contributed by atoms with E-state index in [4.69, 9.17) is 9.15 Å². The first-order valence-corrected chi connectivity index (χ1v) is 10.2. The van der Waals surface area contributed by atoms with Crippen molar-refractivity contribution >= 4 is 11.0 Å². The van der Waals surface area contributed by atoms with Gasteiger partial charge in [0.1, 0.15) is 17.9 Å². The Labute approximate surface area is 165 Å². The number of hydrogen-bond acceptors (Lipinski definition) is 3. The second-order valence-electron chi connectivity index (χ2n) is 7.94. The van der Waals surface area contributed by atoms with Gasteiger partial charge in [-0.3, -0.25) is 4.90 Å². The summed E-state index contributed by atoms with van der Waals surface area (Å²) >= 11 is 0. The third kappa shape index (κ3) is 3.57. The van der Waals surface area contributed by atoms with Crippen LogP contribution < -0.4 is 15.3 Å². The molecule has 1 aromatic heterocycles. The van der Waals surface area contributed by atoms with E-state index in [1.165, 1.54) is 16.0 Å². The fraction of sp³-hybridized carbons (Fsp3) is 0.375. The maximum atomic E-state index is 12.0. The number of aryl methyl sites for hydroxylation is 2. The third-order valence-corrected chi connectivity index (χ3v) is 5.72. The van der Waals surface area contributed by atoms with Crippen LogP contribution in [-0.2, 0) is 13.0 Å². The van der Waals surface area contributed by atoms with Crippen LogP contribution in [0.1, 0.15) is 48.4 Å². The van der Waals surface area contributed by atoms with Crippen molar-refractivity contribution in [2.75, 3.05) is 13.3 Å². The van der Waals surface area contributed by atoms with Gasteiger partial charge in [0.05, 0.1) is 6.54 Å². The lowest BCUT2D eigenvalue weighted by molar-refractivity contribution is -0.933. The van der Waals surface area contributed by atoms with E-state index in [0.717, 1.165) is 48.2 Å². The summed E-state index contributed by atoms with van der Waals surface area (Å²) in [7, 11) is 0. The molecule has 4 rings (SSSR count). The minimum absolute atomic E-state index is 0.279. The molecule has 28 heavy (non-hydrogen) atoms. The average Bonchev–Trinajstić information content (AvgIpc) is 2.70. The highest BCUT2D eigenvalue weighted by atomic mass is 16.5. The first-order chi connectivity index (χ1) is 13.6. The molecule has 0 saturated heterocycles. The molecule has 1 unspecified atom stereocenters. The Morgan fingerprint density at radius 2 is 1.96 bits per heavy atom. The van der Waals surface area contributed by atoms with Gasteiger partial charge in [-0.1, -0.05) is 50.6 Å². The molecule has 0 aliphatic carbocycles. The molecule has 4 nitrogen and oxygen atoms in total. The number of benzene rings is 2. The first-order valence-electron chi connectivity index (χ1n) is 10.2. The summed E-state index contributed by atoms with van der Waals surface area (Å²) in [6, 6.07) is 14.5. The summed E-state index contributed by atoms with van der Waals surface area (Å²) < 4.78 is 11.7. The van der Waals surface area contributed by atoms with Crippen molar-refractivity contribution in [1.82, 2.24) is 0 Å². The van der Waals surface area contributed by atoms with Gasteiger partial charge >= 0.3 is 5.63 Å². The lowest BCUT2D eigenvalue weighted by Gasteiger charge is -2.29. The summed E-state index contributed by atoms with van der Waals surface area (Å²) in [6.07, 6.45) is 1.87. The van der Waals surface area contributed by atoms with Gasteiger partial charge in [0.2, 0.25) is 6.73 Å². The Morgan fingerprint density at radius 1 is 1.18 bits per heavy atom. The van der Waals surface area contributed by atoms with E-state index >= 15 is 0 Å². The summed E-state index contributed by atoms with van der Waals surface area (Å²) in [5.41, 5.74) is 4.98. The van der Waals surface area contributed by atoms with Crippen molar-refractivity contribution < 1.29 is 14.1 Å². The molecular weight excluding hydrogens is 350 g/mol. The van der Waals surface area contributed by atoms with Crippen molar-refractivity contribution in [1.29, 1.82) is 0 Å². The van der Waals surface area contributed by atoms with Crippen LogP contribution >= 0.6 is 0 Å². The topological polar surface area (TPSA) is 43.9 Å². The van der Waals surface area contributed by atoms with Crippen LogP contribution in [0, 0.1) is 6.92 Å². The Kier molecular flexibility index (Phi) is 5.23. The molecule has 2 heterocycles. The molecule has 1 aliphatic rings. The Bertz CT molecular complexity index is 1040. The van der Waals surface area contributed by atoms with Crippen molar-refractivity contribution in [2.45, 2.75) is 46.1 Å². The van der Waals surface area contributed by atoms with Crippen LogP contribution in [0.3, 0.4) is 0 Å². The van der Waals surface area contributed by atoms with Gasteiger partial charge in [-0.25, -0.2) is 4.79 Å². The van der Waals surface area contributed by atoms with E-state index in [1.54, 1.807) is 6.07 Å². The zero-order valence-corrected chi connectivity index (χ0v) is 16.9. The fourth-order valence-electron chi connectivity index (χ4n) is 4.34. The number of rotatable bonds is 5. The van der Waals surface area contributed by atoms with Gasteiger partial charge in [0, 0.05) is 28.5 Å². The van der Waals surface area contributed by atoms with Crippen LogP contribution in [0.5, 0.6) is 5.75 Å². The summed E-state index contributed by atoms with van der Waals surface area (Å²) in [6.45, 7) is 8.98. The largest absolute Gasteiger partial charge is 0.444 e.